The Bertz CT molecular complexity index is 1040. The maximum absolute atomic E-state index is 12.5. The van der Waals surface area contributed by atoms with Crippen molar-refractivity contribution < 1.29 is 0 Å². The van der Waals surface area contributed by atoms with Crippen molar-refractivity contribution in [2.24, 2.45) is 21.1 Å². The molecule has 0 spiro atoms. The molecule has 22 heavy (non-hydrogen) atoms. The maximum Gasteiger partial charge on any atom is 0.332 e. The summed E-state index contributed by atoms with van der Waals surface area (Å²) in [7, 11) is 4.51. The first-order valence-corrected chi connectivity index (χ1v) is 6.82. The van der Waals surface area contributed by atoms with E-state index < -0.39 is 11.2 Å². The first kappa shape index (κ1) is 14.1. The van der Waals surface area contributed by atoms with Crippen molar-refractivity contribution in [1.29, 1.82) is 0 Å². The van der Waals surface area contributed by atoms with E-state index in [0.717, 1.165) is 10.1 Å². The zero-order valence-electron chi connectivity index (χ0n) is 12.6. The fourth-order valence-corrected chi connectivity index (χ4v) is 2.69. The number of benzene rings is 1. The minimum Gasteiger partial charge on any atom is -0.289 e. The summed E-state index contributed by atoms with van der Waals surface area (Å²) < 4.78 is 5.09. The lowest BCUT2D eigenvalue weighted by Gasteiger charge is -2.08. The van der Waals surface area contributed by atoms with Gasteiger partial charge in [-0.15, -0.1) is 0 Å². The molecule has 7 nitrogen and oxygen atoms in total. The molecule has 2 aromatic heterocycles. The first-order chi connectivity index (χ1) is 10.4. The molecule has 0 fully saturated rings. The van der Waals surface area contributed by atoms with Crippen molar-refractivity contribution in [3.63, 3.8) is 0 Å². The van der Waals surface area contributed by atoms with Crippen molar-refractivity contribution in [3.8, 4) is 0 Å². The summed E-state index contributed by atoms with van der Waals surface area (Å²) in [6, 6.07) is 9.43. The summed E-state index contributed by atoms with van der Waals surface area (Å²) in [6.07, 6.45) is 0. The van der Waals surface area contributed by atoms with Gasteiger partial charge in [-0.1, -0.05) is 30.3 Å². The summed E-state index contributed by atoms with van der Waals surface area (Å²) >= 11 is 0. The van der Waals surface area contributed by atoms with Gasteiger partial charge in [0.25, 0.3) is 5.56 Å². The Labute approximate surface area is 125 Å². The Balaban J connectivity index is 2.42. The predicted molar refractivity (Wildman–Crippen MR) is 83.2 cm³/mol. The second kappa shape index (κ2) is 4.87. The minimum absolute atomic E-state index is 0.227. The number of hydrogen-bond donors (Lipinski definition) is 0. The Kier molecular flexibility index (Phi) is 3.13. The number of aryl methyl sites for hydroxylation is 2. The molecule has 3 aromatic rings. The fourth-order valence-electron chi connectivity index (χ4n) is 2.69. The van der Waals surface area contributed by atoms with Crippen molar-refractivity contribution >= 4 is 11.2 Å². The Hall–Kier alpha value is -2.83. The number of aromatic nitrogens is 4. The molecule has 0 N–H and O–H groups in total. The van der Waals surface area contributed by atoms with Crippen molar-refractivity contribution in [2.75, 3.05) is 0 Å². The van der Waals surface area contributed by atoms with Gasteiger partial charge in [-0.3, -0.25) is 23.1 Å². The van der Waals surface area contributed by atoms with Crippen molar-refractivity contribution in [3.05, 3.63) is 67.2 Å². The molecule has 7 heteroatoms. The molecule has 0 atom stereocenters. The molecule has 0 bridgehead atoms. The monoisotopic (exact) mass is 300 g/mol. The second-order valence-electron chi connectivity index (χ2n) is 5.29. The Morgan fingerprint density at radius 1 is 0.818 bits per heavy atom. The van der Waals surface area contributed by atoms with E-state index >= 15 is 0 Å². The van der Waals surface area contributed by atoms with E-state index in [4.69, 9.17) is 0 Å². The zero-order chi connectivity index (χ0) is 16.0. The SMILES string of the molecule is Cn1c(=O)c2c(n(C)c1=O)n(Cc1ccccc1)c(=O)n2C. The summed E-state index contributed by atoms with van der Waals surface area (Å²) in [6.45, 7) is 0.303. The highest BCUT2D eigenvalue weighted by Crippen LogP contribution is 2.08. The van der Waals surface area contributed by atoms with Crippen LogP contribution >= 0.6 is 0 Å². The van der Waals surface area contributed by atoms with Crippen molar-refractivity contribution in [1.82, 2.24) is 18.3 Å². The lowest BCUT2D eigenvalue weighted by molar-refractivity contribution is 0.681. The van der Waals surface area contributed by atoms with Gasteiger partial charge in [0.2, 0.25) is 0 Å². The molecule has 0 aliphatic rings. The lowest BCUT2D eigenvalue weighted by Crippen LogP contribution is -2.37. The van der Waals surface area contributed by atoms with E-state index in [-0.39, 0.29) is 11.2 Å². The van der Waals surface area contributed by atoms with E-state index in [1.54, 1.807) is 7.05 Å². The molecule has 0 saturated carbocycles. The van der Waals surface area contributed by atoms with Crippen LogP contribution < -0.4 is 16.9 Å². The van der Waals surface area contributed by atoms with E-state index in [0.29, 0.717) is 12.2 Å². The van der Waals surface area contributed by atoms with Gasteiger partial charge < -0.3 is 0 Å². The smallest absolute Gasteiger partial charge is 0.289 e. The van der Waals surface area contributed by atoms with Crippen molar-refractivity contribution in [2.45, 2.75) is 6.54 Å². The van der Waals surface area contributed by atoms with Crippen LogP contribution in [0, 0.1) is 0 Å². The summed E-state index contributed by atoms with van der Waals surface area (Å²) in [4.78, 5) is 36.9. The predicted octanol–water partition coefficient (Wildman–Crippen LogP) is -0.214. The van der Waals surface area contributed by atoms with Crippen LogP contribution in [0.4, 0.5) is 0 Å². The highest BCUT2D eigenvalue weighted by atomic mass is 16.2. The average Bonchev–Trinajstić information content (AvgIpc) is 2.77. The van der Waals surface area contributed by atoms with Gasteiger partial charge in [-0.05, 0) is 5.56 Å². The van der Waals surface area contributed by atoms with Crippen LogP contribution in [0.5, 0.6) is 0 Å². The van der Waals surface area contributed by atoms with E-state index in [1.807, 2.05) is 30.3 Å². The molecule has 1 aromatic carbocycles. The summed E-state index contributed by atoms with van der Waals surface area (Å²) in [5.74, 6) is 0. The standard InChI is InChI=1S/C15H16N4O3/c1-16-11-12(17(2)14(21)18(3)13(11)20)19(15(16)22)9-10-7-5-4-6-8-10/h4-8H,9H2,1-3H3. The molecule has 0 aliphatic heterocycles. The van der Waals surface area contributed by atoms with Crippen LogP contribution in [-0.4, -0.2) is 18.3 Å². The zero-order valence-corrected chi connectivity index (χ0v) is 12.6. The molecule has 0 saturated heterocycles. The van der Waals surface area contributed by atoms with Gasteiger partial charge in [0.1, 0.15) is 0 Å². The number of fused-ring (bicyclic) bond motifs is 1. The van der Waals surface area contributed by atoms with E-state index in [1.165, 1.54) is 27.8 Å². The van der Waals surface area contributed by atoms with Gasteiger partial charge >= 0.3 is 11.4 Å². The van der Waals surface area contributed by atoms with Crippen LogP contribution in [0.15, 0.2) is 44.7 Å². The van der Waals surface area contributed by atoms with Gasteiger partial charge in [0.15, 0.2) is 11.2 Å². The number of imidazole rings is 1. The third-order valence-electron chi connectivity index (χ3n) is 3.90. The summed E-state index contributed by atoms with van der Waals surface area (Å²) in [5, 5.41) is 0. The highest BCUT2D eigenvalue weighted by molar-refractivity contribution is 5.71. The molecule has 0 unspecified atom stereocenters. The maximum atomic E-state index is 12.5. The molecule has 0 amide bonds. The quantitative estimate of drug-likeness (QED) is 0.657. The first-order valence-electron chi connectivity index (χ1n) is 6.82. The van der Waals surface area contributed by atoms with E-state index in [2.05, 4.69) is 0 Å². The molecule has 2 heterocycles. The summed E-state index contributed by atoms with van der Waals surface area (Å²) in [5.41, 5.74) is 0.242. The molecular weight excluding hydrogens is 284 g/mol. The van der Waals surface area contributed by atoms with Gasteiger partial charge in [0, 0.05) is 21.1 Å². The number of nitrogens with zero attached hydrogens (tertiary/aromatic N) is 4. The van der Waals surface area contributed by atoms with Gasteiger partial charge in [0.05, 0.1) is 6.54 Å². The third-order valence-corrected chi connectivity index (χ3v) is 3.90. The lowest BCUT2D eigenvalue weighted by atomic mass is 10.2. The van der Waals surface area contributed by atoms with E-state index in [9.17, 15) is 14.4 Å². The number of hydrogen-bond acceptors (Lipinski definition) is 3. The van der Waals surface area contributed by atoms with Gasteiger partial charge in [-0.25, -0.2) is 9.59 Å². The third kappa shape index (κ3) is 1.86. The van der Waals surface area contributed by atoms with Crippen LogP contribution in [0.3, 0.4) is 0 Å². The van der Waals surface area contributed by atoms with Crippen LogP contribution in [-0.2, 0) is 27.7 Å². The van der Waals surface area contributed by atoms with Gasteiger partial charge in [-0.2, -0.15) is 0 Å². The van der Waals surface area contributed by atoms with Crippen LogP contribution in [0.1, 0.15) is 5.56 Å². The molecule has 0 radical (unpaired) electrons. The molecular formula is C15H16N4O3. The number of rotatable bonds is 2. The molecule has 3 rings (SSSR count). The second-order valence-corrected chi connectivity index (χ2v) is 5.29. The largest absolute Gasteiger partial charge is 0.332 e. The topological polar surface area (TPSA) is 70.9 Å². The normalized spacial score (nSPS) is 11.2. The fraction of sp³-hybridized carbons (Fsp3) is 0.267. The molecule has 0 aliphatic carbocycles. The Morgan fingerprint density at radius 2 is 1.45 bits per heavy atom. The molecule has 114 valence electrons. The van der Waals surface area contributed by atoms with Crippen LogP contribution in [0.25, 0.3) is 11.2 Å². The minimum atomic E-state index is -0.468. The average molecular weight is 300 g/mol. The highest BCUT2D eigenvalue weighted by Gasteiger charge is 2.19. The van der Waals surface area contributed by atoms with Crippen LogP contribution in [0.2, 0.25) is 0 Å². The Morgan fingerprint density at radius 3 is 2.09 bits per heavy atom.